The molecule has 0 bridgehead atoms. The van der Waals surface area contributed by atoms with E-state index in [1.807, 2.05) is 0 Å². The molecule has 0 aliphatic carbocycles. The van der Waals surface area contributed by atoms with Gasteiger partial charge in [0.1, 0.15) is 0 Å². The molecule has 6 heteroatoms. The summed E-state index contributed by atoms with van der Waals surface area (Å²) in [6.07, 6.45) is -4.93. The van der Waals surface area contributed by atoms with Crippen molar-refractivity contribution in [3.63, 3.8) is 0 Å². The molecule has 0 aliphatic rings. The lowest BCUT2D eigenvalue weighted by atomic mass is 10.1. The number of hydrogen-bond donors (Lipinski definition) is 0. The number of benzene rings is 1. The van der Waals surface area contributed by atoms with Gasteiger partial charge in [0.05, 0.1) is 18.8 Å². The van der Waals surface area contributed by atoms with Crippen LogP contribution in [0.4, 0.5) is 13.2 Å². The minimum atomic E-state index is -4.93. The van der Waals surface area contributed by atoms with Crippen molar-refractivity contribution in [2.75, 3.05) is 13.2 Å². The lowest BCUT2D eigenvalue weighted by molar-refractivity contribution is -0.0886. The Kier molecular flexibility index (Phi) is 4.58. The number of ketones is 1. The topological polar surface area (TPSA) is 35.5 Å². The van der Waals surface area contributed by atoms with Gasteiger partial charge in [-0.25, -0.2) is 0 Å². The molecule has 0 saturated carbocycles. The van der Waals surface area contributed by atoms with Gasteiger partial charge in [-0.1, -0.05) is 6.07 Å². The second-order valence-electron chi connectivity index (χ2n) is 3.33. The van der Waals surface area contributed by atoms with Gasteiger partial charge < -0.3 is 9.47 Å². The van der Waals surface area contributed by atoms with Gasteiger partial charge in [0, 0.05) is 0 Å². The zero-order chi connectivity index (χ0) is 13.8. The quantitative estimate of drug-likeness (QED) is 0.764. The molecular weight excluding hydrogens is 249 g/mol. The monoisotopic (exact) mass is 262 g/mol. The summed E-state index contributed by atoms with van der Waals surface area (Å²) in [4.78, 5) is 11.3. The van der Waals surface area contributed by atoms with E-state index in [9.17, 15) is 18.0 Å². The van der Waals surface area contributed by atoms with Crippen LogP contribution in [0, 0.1) is 0 Å². The van der Waals surface area contributed by atoms with Crippen LogP contribution in [-0.4, -0.2) is 25.2 Å². The fourth-order valence-electron chi connectivity index (χ4n) is 1.41. The molecule has 0 aliphatic heterocycles. The van der Waals surface area contributed by atoms with Gasteiger partial charge >= 0.3 is 6.18 Å². The fraction of sp³-hybridized carbons (Fsp3) is 0.417. The molecule has 0 aromatic heterocycles. The molecule has 0 spiro atoms. The Morgan fingerprint density at radius 2 is 1.78 bits per heavy atom. The summed E-state index contributed by atoms with van der Waals surface area (Å²) < 4.78 is 47.5. The van der Waals surface area contributed by atoms with Gasteiger partial charge in [-0.05, 0) is 26.0 Å². The smallest absolute Gasteiger partial charge is 0.455 e. The zero-order valence-corrected chi connectivity index (χ0v) is 10.0. The van der Waals surface area contributed by atoms with Crippen LogP contribution >= 0.6 is 0 Å². The highest BCUT2D eigenvalue weighted by atomic mass is 19.4. The second kappa shape index (κ2) is 5.75. The van der Waals surface area contributed by atoms with Crippen LogP contribution in [0.2, 0.25) is 0 Å². The van der Waals surface area contributed by atoms with E-state index in [0.717, 1.165) is 6.07 Å². The van der Waals surface area contributed by atoms with Crippen molar-refractivity contribution in [2.24, 2.45) is 0 Å². The van der Waals surface area contributed by atoms with Crippen molar-refractivity contribution in [2.45, 2.75) is 20.0 Å². The van der Waals surface area contributed by atoms with Gasteiger partial charge in [0.2, 0.25) is 0 Å². The Bertz CT molecular complexity index is 427. The van der Waals surface area contributed by atoms with Crippen molar-refractivity contribution in [1.29, 1.82) is 0 Å². The summed E-state index contributed by atoms with van der Waals surface area (Å²) in [6.45, 7) is 3.71. The third-order valence-corrected chi connectivity index (χ3v) is 2.07. The molecule has 0 unspecified atom stereocenters. The molecule has 1 aromatic rings. The highest BCUT2D eigenvalue weighted by Gasteiger charge is 2.41. The van der Waals surface area contributed by atoms with Gasteiger partial charge in [-0.2, -0.15) is 13.2 Å². The Morgan fingerprint density at radius 3 is 2.28 bits per heavy atom. The van der Waals surface area contributed by atoms with E-state index in [1.165, 1.54) is 12.1 Å². The number of halogens is 3. The number of hydrogen-bond acceptors (Lipinski definition) is 3. The van der Waals surface area contributed by atoms with Crippen LogP contribution in [0.25, 0.3) is 0 Å². The molecule has 0 heterocycles. The normalized spacial score (nSPS) is 11.2. The molecule has 0 N–H and O–H groups in total. The number of para-hydroxylation sites is 1. The number of rotatable bonds is 5. The Balaban J connectivity index is 3.26. The maximum atomic E-state index is 12.4. The SMILES string of the molecule is CCOc1cccc(C(=O)C(F)(F)F)c1OCC. The van der Waals surface area contributed by atoms with E-state index in [2.05, 4.69) is 0 Å². The number of carbonyl (C=O) groups excluding carboxylic acids is 1. The van der Waals surface area contributed by atoms with E-state index in [-0.39, 0.29) is 24.7 Å². The molecule has 0 amide bonds. The van der Waals surface area contributed by atoms with E-state index in [4.69, 9.17) is 9.47 Å². The summed E-state index contributed by atoms with van der Waals surface area (Å²) >= 11 is 0. The van der Waals surface area contributed by atoms with Crippen LogP contribution < -0.4 is 9.47 Å². The summed E-state index contributed by atoms with van der Waals surface area (Å²) in [5.41, 5.74) is -0.532. The fourth-order valence-corrected chi connectivity index (χ4v) is 1.41. The minimum Gasteiger partial charge on any atom is -0.490 e. The van der Waals surface area contributed by atoms with Crippen LogP contribution in [0.5, 0.6) is 11.5 Å². The van der Waals surface area contributed by atoms with Crippen molar-refractivity contribution in [3.05, 3.63) is 23.8 Å². The van der Waals surface area contributed by atoms with Crippen molar-refractivity contribution < 1.29 is 27.4 Å². The first kappa shape index (κ1) is 14.3. The minimum absolute atomic E-state index is 0.134. The molecule has 0 saturated heterocycles. The molecule has 1 rings (SSSR count). The summed E-state index contributed by atoms with van der Waals surface area (Å²) in [6, 6.07) is 3.86. The van der Waals surface area contributed by atoms with Gasteiger partial charge in [-0.15, -0.1) is 0 Å². The van der Waals surface area contributed by atoms with Gasteiger partial charge in [0.25, 0.3) is 5.78 Å². The average molecular weight is 262 g/mol. The lowest BCUT2D eigenvalue weighted by Crippen LogP contribution is -2.23. The molecule has 3 nitrogen and oxygen atoms in total. The standard InChI is InChI=1S/C12H13F3O3/c1-3-17-9-7-5-6-8(10(9)18-4-2)11(16)12(13,14)15/h5-7H,3-4H2,1-2H3. The first-order valence-electron chi connectivity index (χ1n) is 5.41. The molecule has 0 radical (unpaired) electrons. The Morgan fingerprint density at radius 1 is 1.17 bits per heavy atom. The molecule has 0 atom stereocenters. The van der Waals surface area contributed by atoms with Crippen molar-refractivity contribution in [1.82, 2.24) is 0 Å². The van der Waals surface area contributed by atoms with E-state index in [0.29, 0.717) is 0 Å². The maximum Gasteiger partial charge on any atom is 0.455 e. The lowest BCUT2D eigenvalue weighted by Gasteiger charge is -2.15. The molecule has 100 valence electrons. The molecular formula is C12H13F3O3. The van der Waals surface area contributed by atoms with Crippen LogP contribution in [0.15, 0.2) is 18.2 Å². The molecule has 18 heavy (non-hydrogen) atoms. The first-order valence-corrected chi connectivity index (χ1v) is 5.41. The Labute approximate surface area is 103 Å². The van der Waals surface area contributed by atoms with Crippen molar-refractivity contribution in [3.8, 4) is 11.5 Å². The summed E-state index contributed by atoms with van der Waals surface area (Å²) in [5, 5.41) is 0. The predicted molar refractivity (Wildman–Crippen MR) is 59.2 cm³/mol. The van der Waals surface area contributed by atoms with Crippen LogP contribution in [0.1, 0.15) is 24.2 Å². The highest BCUT2D eigenvalue weighted by Crippen LogP contribution is 2.35. The van der Waals surface area contributed by atoms with E-state index in [1.54, 1.807) is 13.8 Å². The van der Waals surface area contributed by atoms with Gasteiger partial charge in [0.15, 0.2) is 11.5 Å². The number of carbonyl (C=O) groups is 1. The average Bonchev–Trinajstić information content (AvgIpc) is 2.30. The number of alkyl halides is 3. The summed E-state index contributed by atoms with van der Waals surface area (Å²) in [5.74, 6) is -1.97. The largest absolute Gasteiger partial charge is 0.490 e. The Hall–Kier alpha value is -1.72. The molecule has 0 fully saturated rings. The van der Waals surface area contributed by atoms with Gasteiger partial charge in [-0.3, -0.25) is 4.79 Å². The number of ether oxygens (including phenoxy) is 2. The number of Topliss-reactive ketones (excluding diaryl/α,β-unsaturated/α-hetero) is 1. The first-order chi connectivity index (χ1) is 8.41. The second-order valence-corrected chi connectivity index (χ2v) is 3.33. The van der Waals surface area contributed by atoms with E-state index >= 15 is 0 Å². The van der Waals surface area contributed by atoms with Crippen LogP contribution in [0.3, 0.4) is 0 Å². The zero-order valence-electron chi connectivity index (χ0n) is 10.0. The van der Waals surface area contributed by atoms with Crippen molar-refractivity contribution >= 4 is 5.78 Å². The molecule has 1 aromatic carbocycles. The highest BCUT2D eigenvalue weighted by molar-refractivity contribution is 6.03. The summed E-state index contributed by atoms with van der Waals surface area (Å²) in [7, 11) is 0. The maximum absolute atomic E-state index is 12.4. The third kappa shape index (κ3) is 3.15. The predicted octanol–water partition coefficient (Wildman–Crippen LogP) is 3.23. The third-order valence-electron chi connectivity index (χ3n) is 2.07. The van der Waals surface area contributed by atoms with E-state index < -0.39 is 17.5 Å². The van der Waals surface area contributed by atoms with Crippen LogP contribution in [-0.2, 0) is 0 Å².